The third-order valence-corrected chi connectivity index (χ3v) is 5.79. The number of aromatic nitrogens is 2. The van der Waals surface area contributed by atoms with Gasteiger partial charge in [0.15, 0.2) is 11.6 Å². The average molecular weight is 410 g/mol. The van der Waals surface area contributed by atoms with Crippen molar-refractivity contribution in [1.29, 1.82) is 0 Å². The average Bonchev–Trinajstić information content (AvgIpc) is 3.08. The van der Waals surface area contributed by atoms with Gasteiger partial charge in [0.1, 0.15) is 5.56 Å². The Hall–Kier alpha value is -3.23. The van der Waals surface area contributed by atoms with E-state index < -0.39 is 4.92 Å². The molecule has 1 amide bonds. The lowest BCUT2D eigenvalue weighted by atomic mass is 10.1. The number of nitrogens with zero attached hydrogens (tertiary/aromatic N) is 6. The summed E-state index contributed by atoms with van der Waals surface area (Å²) in [4.78, 5) is 29.6. The van der Waals surface area contributed by atoms with Gasteiger partial charge in [0.05, 0.1) is 4.92 Å². The molecule has 0 atom stereocenters. The number of amides is 1. The Morgan fingerprint density at radius 3 is 1.93 bits per heavy atom. The molecule has 0 bridgehead atoms. The van der Waals surface area contributed by atoms with Gasteiger partial charge in [-0.25, -0.2) is 0 Å². The number of carbonyl (C=O) groups is 1. The van der Waals surface area contributed by atoms with Gasteiger partial charge in [0.25, 0.3) is 11.6 Å². The Labute approximate surface area is 175 Å². The summed E-state index contributed by atoms with van der Waals surface area (Å²) in [5.41, 5.74) is -0.0163. The summed E-state index contributed by atoms with van der Waals surface area (Å²) in [6, 6.07) is 10.1. The second-order valence-corrected chi connectivity index (χ2v) is 7.70. The van der Waals surface area contributed by atoms with E-state index in [0.717, 1.165) is 24.7 Å². The summed E-state index contributed by atoms with van der Waals surface area (Å²) in [6.07, 6.45) is 4.94. The van der Waals surface area contributed by atoms with Crippen LogP contribution in [0, 0.1) is 10.1 Å². The van der Waals surface area contributed by atoms with E-state index in [1.54, 1.807) is 17.0 Å². The second-order valence-electron chi connectivity index (χ2n) is 7.70. The van der Waals surface area contributed by atoms with Crippen molar-refractivity contribution < 1.29 is 9.72 Å². The molecule has 0 N–H and O–H groups in total. The van der Waals surface area contributed by atoms with E-state index in [1.165, 1.54) is 37.8 Å². The molecule has 4 rings (SSSR count). The highest BCUT2D eigenvalue weighted by Crippen LogP contribution is 2.22. The molecule has 9 heteroatoms. The number of hydrogen-bond acceptors (Lipinski definition) is 7. The Morgan fingerprint density at radius 2 is 1.37 bits per heavy atom. The summed E-state index contributed by atoms with van der Waals surface area (Å²) in [6.45, 7) is 4.26. The highest BCUT2D eigenvalue weighted by molar-refractivity contribution is 5.98. The van der Waals surface area contributed by atoms with Crippen LogP contribution in [0.4, 0.5) is 17.3 Å². The lowest BCUT2D eigenvalue weighted by molar-refractivity contribution is -0.385. The lowest BCUT2D eigenvalue weighted by Gasteiger charge is -2.35. The van der Waals surface area contributed by atoms with Crippen LogP contribution in [0.2, 0.25) is 0 Å². The topological polar surface area (TPSA) is 95.7 Å². The third kappa shape index (κ3) is 4.34. The van der Waals surface area contributed by atoms with Crippen LogP contribution in [0.5, 0.6) is 0 Å². The smallest absolute Gasteiger partial charge is 0.282 e. The van der Waals surface area contributed by atoms with E-state index in [0.29, 0.717) is 26.2 Å². The van der Waals surface area contributed by atoms with Gasteiger partial charge in [0, 0.05) is 45.3 Å². The first kappa shape index (κ1) is 20.1. The van der Waals surface area contributed by atoms with E-state index in [1.807, 2.05) is 12.1 Å². The van der Waals surface area contributed by atoms with Crippen LogP contribution in [0.1, 0.15) is 36.0 Å². The zero-order valence-electron chi connectivity index (χ0n) is 16.9. The summed E-state index contributed by atoms with van der Waals surface area (Å²) in [5.74, 6) is 1.42. The quantitative estimate of drug-likeness (QED) is 0.565. The summed E-state index contributed by atoms with van der Waals surface area (Å²) in [7, 11) is 0. The summed E-state index contributed by atoms with van der Waals surface area (Å²) < 4.78 is 0. The number of rotatable bonds is 4. The Bertz CT molecular complexity index is 888. The summed E-state index contributed by atoms with van der Waals surface area (Å²) in [5, 5.41) is 20.1. The van der Waals surface area contributed by atoms with Gasteiger partial charge in [-0.15, -0.1) is 10.2 Å². The Kier molecular flexibility index (Phi) is 6.06. The van der Waals surface area contributed by atoms with Gasteiger partial charge in [-0.05, 0) is 31.0 Å². The number of para-hydroxylation sites is 1. The van der Waals surface area contributed by atoms with Crippen LogP contribution in [0.3, 0.4) is 0 Å². The molecule has 3 heterocycles. The number of nitro benzene ring substituents is 1. The molecule has 2 aliphatic rings. The number of piperazine rings is 1. The van der Waals surface area contributed by atoms with Crippen molar-refractivity contribution in [2.75, 3.05) is 49.1 Å². The molecule has 2 aliphatic heterocycles. The molecule has 0 aliphatic carbocycles. The molecule has 1 aromatic carbocycles. The van der Waals surface area contributed by atoms with Crippen molar-refractivity contribution >= 4 is 23.2 Å². The van der Waals surface area contributed by atoms with E-state index in [2.05, 4.69) is 20.0 Å². The number of anilines is 2. The zero-order valence-corrected chi connectivity index (χ0v) is 16.9. The van der Waals surface area contributed by atoms with Gasteiger partial charge < -0.3 is 14.7 Å². The van der Waals surface area contributed by atoms with Gasteiger partial charge in [-0.3, -0.25) is 14.9 Å². The second kappa shape index (κ2) is 9.06. The number of nitro groups is 1. The van der Waals surface area contributed by atoms with Crippen LogP contribution < -0.4 is 9.80 Å². The molecule has 1 aromatic heterocycles. The summed E-state index contributed by atoms with van der Waals surface area (Å²) >= 11 is 0. The van der Waals surface area contributed by atoms with Crippen LogP contribution in [0.15, 0.2) is 36.4 Å². The maximum Gasteiger partial charge on any atom is 0.282 e. The van der Waals surface area contributed by atoms with Crippen LogP contribution in [-0.2, 0) is 0 Å². The van der Waals surface area contributed by atoms with Crippen LogP contribution >= 0.6 is 0 Å². The Balaban J connectivity index is 1.37. The normalized spacial score (nSPS) is 17.5. The third-order valence-electron chi connectivity index (χ3n) is 5.79. The molecular weight excluding hydrogens is 384 g/mol. The molecule has 2 aromatic rings. The van der Waals surface area contributed by atoms with Crippen molar-refractivity contribution in [3.05, 3.63) is 52.1 Å². The van der Waals surface area contributed by atoms with E-state index in [9.17, 15) is 14.9 Å². The molecule has 30 heavy (non-hydrogen) atoms. The molecule has 0 saturated carbocycles. The van der Waals surface area contributed by atoms with Crippen LogP contribution in [0.25, 0.3) is 0 Å². The maximum atomic E-state index is 12.8. The minimum Gasteiger partial charge on any atom is -0.355 e. The molecular formula is C21H26N6O3. The fourth-order valence-corrected chi connectivity index (χ4v) is 4.08. The standard InChI is InChI=1S/C21H26N6O3/c28-21(17-7-3-4-8-18(17)27(29)30)26-15-13-25(14-16-26)20-10-9-19(22-23-20)24-11-5-1-2-6-12-24/h3-4,7-10H,1-2,5-6,11-16H2. The first-order chi connectivity index (χ1) is 14.6. The van der Waals surface area contributed by atoms with Gasteiger partial charge in [-0.2, -0.15) is 0 Å². The monoisotopic (exact) mass is 410 g/mol. The van der Waals surface area contributed by atoms with E-state index in [4.69, 9.17) is 0 Å². The lowest BCUT2D eigenvalue weighted by Crippen LogP contribution is -2.49. The molecule has 9 nitrogen and oxygen atoms in total. The SMILES string of the molecule is O=C(c1ccccc1[N+](=O)[O-])N1CCN(c2ccc(N3CCCCCC3)nn2)CC1. The highest BCUT2D eigenvalue weighted by atomic mass is 16.6. The van der Waals surface area contributed by atoms with Crippen LogP contribution in [-0.4, -0.2) is 65.2 Å². The van der Waals surface area contributed by atoms with Gasteiger partial charge in [0.2, 0.25) is 0 Å². The fourth-order valence-electron chi connectivity index (χ4n) is 4.08. The zero-order chi connectivity index (χ0) is 20.9. The first-order valence-electron chi connectivity index (χ1n) is 10.5. The van der Waals surface area contributed by atoms with Crippen molar-refractivity contribution in [2.45, 2.75) is 25.7 Å². The number of benzene rings is 1. The predicted octanol–water partition coefficient (Wildman–Crippen LogP) is 2.73. The minimum absolute atomic E-state index is 0.137. The molecule has 158 valence electrons. The molecule has 0 unspecified atom stereocenters. The highest BCUT2D eigenvalue weighted by Gasteiger charge is 2.27. The first-order valence-corrected chi connectivity index (χ1v) is 10.5. The largest absolute Gasteiger partial charge is 0.355 e. The van der Waals surface area contributed by atoms with Crippen molar-refractivity contribution in [2.24, 2.45) is 0 Å². The molecule has 2 fully saturated rings. The van der Waals surface area contributed by atoms with Crippen molar-refractivity contribution in [3.8, 4) is 0 Å². The number of carbonyl (C=O) groups excluding carboxylic acids is 1. The minimum atomic E-state index is -0.509. The van der Waals surface area contributed by atoms with E-state index >= 15 is 0 Å². The fraction of sp³-hybridized carbons (Fsp3) is 0.476. The molecule has 0 spiro atoms. The van der Waals surface area contributed by atoms with Gasteiger partial charge >= 0.3 is 0 Å². The van der Waals surface area contributed by atoms with Gasteiger partial charge in [-0.1, -0.05) is 25.0 Å². The Morgan fingerprint density at radius 1 is 0.800 bits per heavy atom. The van der Waals surface area contributed by atoms with Crippen molar-refractivity contribution in [1.82, 2.24) is 15.1 Å². The maximum absolute atomic E-state index is 12.8. The van der Waals surface area contributed by atoms with Crippen molar-refractivity contribution in [3.63, 3.8) is 0 Å². The number of hydrogen-bond donors (Lipinski definition) is 0. The predicted molar refractivity (Wildman–Crippen MR) is 114 cm³/mol. The molecule has 0 radical (unpaired) electrons. The van der Waals surface area contributed by atoms with E-state index in [-0.39, 0.29) is 17.2 Å². The molecule has 2 saturated heterocycles.